The molecule has 5 nitrogen and oxygen atoms in total. The number of aryl methyl sites for hydroxylation is 1. The van der Waals surface area contributed by atoms with Crippen molar-refractivity contribution in [2.45, 2.75) is 37.5 Å². The van der Waals surface area contributed by atoms with Crippen LogP contribution in [-0.2, 0) is 23.8 Å². The van der Waals surface area contributed by atoms with E-state index in [0.717, 1.165) is 34.4 Å². The van der Waals surface area contributed by atoms with Gasteiger partial charge in [-0.1, -0.05) is 42.5 Å². The van der Waals surface area contributed by atoms with E-state index in [1.165, 1.54) is 12.1 Å². The molecule has 0 unspecified atom stereocenters. The van der Waals surface area contributed by atoms with Crippen LogP contribution in [0, 0.1) is 0 Å². The maximum absolute atomic E-state index is 13.2. The molecule has 204 valence electrons. The molecule has 0 saturated carbocycles. The van der Waals surface area contributed by atoms with E-state index in [1.807, 2.05) is 42.5 Å². The number of rotatable bonds is 8. The molecule has 3 aromatic rings. The molecule has 3 aromatic carbocycles. The van der Waals surface area contributed by atoms with Gasteiger partial charge in [0.05, 0.1) is 22.5 Å². The second-order valence-corrected chi connectivity index (χ2v) is 8.95. The van der Waals surface area contributed by atoms with Crippen LogP contribution in [0.15, 0.2) is 66.7 Å². The Morgan fingerprint density at radius 1 is 1.08 bits per heavy atom. The van der Waals surface area contributed by atoms with Gasteiger partial charge in [0.25, 0.3) is 0 Å². The van der Waals surface area contributed by atoms with Crippen molar-refractivity contribution >= 4 is 18.3 Å². The lowest BCUT2D eigenvalue weighted by atomic mass is 9.86. The molecule has 1 aliphatic rings. The summed E-state index contributed by atoms with van der Waals surface area (Å²) in [6.07, 6.45) is -2.78. The van der Waals surface area contributed by atoms with Gasteiger partial charge in [-0.3, -0.25) is 9.69 Å². The third-order valence-electron chi connectivity index (χ3n) is 6.84. The Morgan fingerprint density at radius 3 is 2.34 bits per heavy atom. The number of fused-ring (bicyclic) bond motifs is 1. The highest BCUT2D eigenvalue weighted by Crippen LogP contribution is 2.43. The van der Waals surface area contributed by atoms with E-state index in [4.69, 9.17) is 12.2 Å². The van der Waals surface area contributed by atoms with Gasteiger partial charge in [-0.2, -0.15) is 13.2 Å². The molecule has 2 atom stereocenters. The van der Waals surface area contributed by atoms with E-state index in [9.17, 15) is 18.0 Å². The summed E-state index contributed by atoms with van der Waals surface area (Å²) < 4.78 is 65.2. The Morgan fingerprint density at radius 2 is 1.74 bits per heavy atom. The molecular formula is C29H32ClF3N2O3. The number of nitrogens with zero attached hydrogens (tertiary/aromatic N) is 1. The van der Waals surface area contributed by atoms with E-state index in [-0.39, 0.29) is 38.5 Å². The van der Waals surface area contributed by atoms with E-state index in [2.05, 4.69) is 10.2 Å². The number of methoxy groups -OCH3 is 2. The summed E-state index contributed by atoms with van der Waals surface area (Å²) in [5.74, 6) is 0.561. The molecule has 0 spiro atoms. The lowest BCUT2D eigenvalue weighted by Crippen LogP contribution is -2.44. The maximum atomic E-state index is 13.2. The SMILES string of the molecule is Cl.[2H]COc1cc2c(cc1OC[2H])[C@H](CCc1ccc(C(F)(F)F)cc1)N([C@@H](C(=O)NC)c1ccccc1)CC2. The van der Waals surface area contributed by atoms with Crippen molar-refractivity contribution in [2.24, 2.45) is 0 Å². The molecule has 38 heavy (non-hydrogen) atoms. The van der Waals surface area contributed by atoms with Crippen LogP contribution < -0.4 is 14.8 Å². The molecule has 1 N–H and O–H groups in total. The molecule has 0 bridgehead atoms. The first-order valence-electron chi connectivity index (χ1n) is 13.4. The van der Waals surface area contributed by atoms with Crippen molar-refractivity contribution in [3.05, 3.63) is 94.5 Å². The predicted octanol–water partition coefficient (Wildman–Crippen LogP) is 6.16. The van der Waals surface area contributed by atoms with Gasteiger partial charge in [0.15, 0.2) is 11.5 Å². The number of hydrogen-bond acceptors (Lipinski definition) is 4. The highest BCUT2D eigenvalue weighted by Gasteiger charge is 2.37. The lowest BCUT2D eigenvalue weighted by Gasteiger charge is -2.42. The number of amides is 1. The summed E-state index contributed by atoms with van der Waals surface area (Å²) in [7, 11) is 0.958. The van der Waals surface area contributed by atoms with Crippen molar-refractivity contribution in [3.8, 4) is 11.5 Å². The fourth-order valence-corrected chi connectivity index (χ4v) is 5.01. The highest BCUT2D eigenvalue weighted by molar-refractivity contribution is 5.85. The largest absolute Gasteiger partial charge is 0.493 e. The molecule has 1 heterocycles. The smallest absolute Gasteiger partial charge is 0.416 e. The monoisotopic (exact) mass is 550 g/mol. The van der Waals surface area contributed by atoms with Crippen LogP contribution in [0.25, 0.3) is 0 Å². The number of benzene rings is 3. The number of halogens is 4. The Hall–Kier alpha value is -3.23. The first kappa shape index (κ1) is 26.4. The summed E-state index contributed by atoms with van der Waals surface area (Å²) >= 11 is 0. The minimum absolute atomic E-state index is 0. The van der Waals surface area contributed by atoms with E-state index in [0.29, 0.717) is 37.3 Å². The number of likely N-dealkylation sites (N-methyl/N-ethyl adjacent to an activating group) is 1. The van der Waals surface area contributed by atoms with Gasteiger partial charge >= 0.3 is 6.18 Å². The van der Waals surface area contributed by atoms with Gasteiger partial charge in [0, 0.05) is 19.6 Å². The zero-order valence-electron chi connectivity index (χ0n) is 23.0. The van der Waals surface area contributed by atoms with E-state index >= 15 is 0 Å². The average Bonchev–Trinajstić information content (AvgIpc) is 2.93. The minimum atomic E-state index is -4.40. The third-order valence-corrected chi connectivity index (χ3v) is 6.84. The molecule has 1 amide bonds. The molecule has 0 aromatic heterocycles. The number of alkyl halides is 3. The van der Waals surface area contributed by atoms with Crippen LogP contribution in [0.1, 0.15) is 49.1 Å². The molecule has 1 aliphatic heterocycles. The normalized spacial score (nSPS) is 16.8. The zero-order valence-corrected chi connectivity index (χ0v) is 21.8. The summed E-state index contributed by atoms with van der Waals surface area (Å²) in [5.41, 5.74) is 2.77. The Labute approximate surface area is 230 Å². The second-order valence-electron chi connectivity index (χ2n) is 8.95. The summed E-state index contributed by atoms with van der Waals surface area (Å²) in [5, 5.41) is 2.78. The average molecular weight is 551 g/mol. The Kier molecular flexibility index (Phi) is 8.71. The molecule has 0 fully saturated rings. The van der Waals surface area contributed by atoms with Crippen molar-refractivity contribution in [1.29, 1.82) is 0 Å². The lowest BCUT2D eigenvalue weighted by molar-refractivity contribution is -0.137. The minimum Gasteiger partial charge on any atom is -0.493 e. The van der Waals surface area contributed by atoms with E-state index < -0.39 is 17.8 Å². The van der Waals surface area contributed by atoms with Gasteiger partial charge in [0.2, 0.25) is 5.91 Å². The summed E-state index contributed by atoms with van der Waals surface area (Å²) in [4.78, 5) is 15.4. The topological polar surface area (TPSA) is 50.8 Å². The number of carbonyl (C=O) groups is 1. The molecular weight excluding hydrogens is 517 g/mol. The fraction of sp³-hybridized carbons (Fsp3) is 0.345. The van der Waals surface area contributed by atoms with Crippen LogP contribution in [0.2, 0.25) is 0 Å². The summed E-state index contributed by atoms with van der Waals surface area (Å²) in [6.45, 7) is 0.552. The Balaban J connectivity index is 0.00000441. The standard InChI is InChI=1S/C29H31F3N2O3.ClH/c1-33-28(35)27(20-7-5-4-6-8-20)34-16-15-21-17-25(36-2)26(37-3)18-23(21)24(34)14-11-19-9-12-22(13-10-19)29(30,31)32;/h4-10,12-13,17-18,24,27H,11,14-16H2,1-3H3,(H,33,35);1H/t24-,27+;/m0./s1/i2D,3D;. The van der Waals surface area contributed by atoms with Crippen molar-refractivity contribution < 1.29 is 30.2 Å². The molecule has 0 saturated heterocycles. The number of carbonyl (C=O) groups excluding carboxylic acids is 1. The van der Waals surface area contributed by atoms with E-state index in [1.54, 1.807) is 7.05 Å². The Bertz CT molecular complexity index is 1260. The number of nitrogens with one attached hydrogen (secondary N) is 1. The van der Waals surface area contributed by atoms with Crippen LogP contribution in [0.4, 0.5) is 13.2 Å². The van der Waals surface area contributed by atoms with Gasteiger partial charge < -0.3 is 14.8 Å². The van der Waals surface area contributed by atoms with Crippen LogP contribution >= 0.6 is 12.4 Å². The second kappa shape index (κ2) is 12.5. The van der Waals surface area contributed by atoms with Crippen molar-refractivity contribution in [2.75, 3.05) is 27.8 Å². The first-order valence-corrected chi connectivity index (χ1v) is 12.0. The molecule has 9 heteroatoms. The predicted molar refractivity (Wildman–Crippen MR) is 143 cm³/mol. The van der Waals surface area contributed by atoms with Gasteiger partial charge in [0.1, 0.15) is 6.04 Å². The van der Waals surface area contributed by atoms with Crippen LogP contribution in [-0.4, -0.2) is 38.6 Å². The highest BCUT2D eigenvalue weighted by atomic mass is 35.5. The number of hydrogen-bond donors (Lipinski definition) is 1. The van der Waals surface area contributed by atoms with Crippen molar-refractivity contribution in [3.63, 3.8) is 0 Å². The molecule has 4 rings (SSSR count). The maximum Gasteiger partial charge on any atom is 0.416 e. The first-order chi connectivity index (χ1) is 18.8. The number of ether oxygens (including phenoxy) is 2. The third kappa shape index (κ3) is 6.25. The van der Waals surface area contributed by atoms with Gasteiger partial charge in [-0.25, -0.2) is 0 Å². The zero-order chi connectivity index (χ0) is 28.0. The molecule has 0 radical (unpaired) electrons. The van der Waals surface area contributed by atoms with Crippen LogP contribution in [0.5, 0.6) is 11.5 Å². The fourth-order valence-electron chi connectivity index (χ4n) is 5.01. The summed E-state index contributed by atoms with van der Waals surface area (Å²) in [6, 6.07) is 17.4. The molecule has 0 aliphatic carbocycles. The van der Waals surface area contributed by atoms with Gasteiger partial charge in [-0.05, 0) is 65.8 Å². The van der Waals surface area contributed by atoms with Crippen molar-refractivity contribution in [1.82, 2.24) is 10.2 Å². The quantitative estimate of drug-likeness (QED) is 0.365. The van der Waals surface area contributed by atoms with Crippen LogP contribution in [0.3, 0.4) is 0 Å². The van der Waals surface area contributed by atoms with Gasteiger partial charge in [-0.15, -0.1) is 12.4 Å².